The second-order valence-corrected chi connectivity index (χ2v) is 4.68. The molecule has 0 fully saturated rings. The molecule has 2 aromatic rings. The number of aromatic amines is 2. The first-order valence-corrected chi connectivity index (χ1v) is 6.32. The van der Waals surface area contributed by atoms with Crippen LogP contribution in [-0.2, 0) is 6.42 Å². The van der Waals surface area contributed by atoms with Crippen LogP contribution in [0, 0.1) is 0 Å². The minimum Gasteiger partial charge on any atom is -0.306 e. The lowest BCUT2D eigenvalue weighted by molar-refractivity contribution is 0.361. The number of hydrogen-bond acceptors (Lipinski definition) is 3. The summed E-state index contributed by atoms with van der Waals surface area (Å²) in [5.74, 6) is 0.876. The molecule has 0 amide bonds. The van der Waals surface area contributed by atoms with Crippen LogP contribution in [0.3, 0.4) is 0 Å². The Kier molecular flexibility index (Phi) is 3.91. The van der Waals surface area contributed by atoms with Gasteiger partial charge in [0.2, 0.25) is 0 Å². The third-order valence-electron chi connectivity index (χ3n) is 2.84. The first-order chi connectivity index (χ1) is 8.19. The normalized spacial score (nSPS) is 11.5. The highest BCUT2D eigenvalue weighted by Gasteiger charge is 2.01. The summed E-state index contributed by atoms with van der Waals surface area (Å²) in [6.07, 6.45) is 0.980. The maximum absolute atomic E-state index is 11.1. The fourth-order valence-corrected chi connectivity index (χ4v) is 2.18. The van der Waals surface area contributed by atoms with Crippen molar-refractivity contribution in [2.24, 2.45) is 0 Å². The lowest BCUT2D eigenvalue weighted by Gasteiger charge is -2.14. The average Bonchev–Trinajstić information content (AvgIpc) is 2.66. The molecule has 0 unspecified atom stereocenters. The van der Waals surface area contributed by atoms with Gasteiger partial charge in [0.05, 0.1) is 11.0 Å². The largest absolute Gasteiger partial charge is 0.323 e. The summed E-state index contributed by atoms with van der Waals surface area (Å²) in [4.78, 5) is 18.9. The molecule has 1 heterocycles. The van der Waals surface area contributed by atoms with E-state index < -0.39 is 0 Å². The molecule has 0 saturated heterocycles. The van der Waals surface area contributed by atoms with E-state index in [0.29, 0.717) is 0 Å². The SMILES string of the molecule is CN(CCS)CCc1ccc2[nH]c(=O)[nH]c2c1. The van der Waals surface area contributed by atoms with E-state index in [0.717, 1.165) is 36.3 Å². The van der Waals surface area contributed by atoms with Crippen LogP contribution in [0.1, 0.15) is 5.56 Å². The summed E-state index contributed by atoms with van der Waals surface area (Å²) in [5, 5.41) is 0. The van der Waals surface area contributed by atoms with E-state index in [-0.39, 0.29) is 5.69 Å². The number of H-pyrrole nitrogens is 2. The molecule has 2 rings (SSSR count). The first kappa shape index (κ1) is 12.3. The second-order valence-electron chi connectivity index (χ2n) is 4.24. The van der Waals surface area contributed by atoms with Gasteiger partial charge in [-0.05, 0) is 31.2 Å². The van der Waals surface area contributed by atoms with E-state index in [1.807, 2.05) is 12.1 Å². The van der Waals surface area contributed by atoms with Gasteiger partial charge >= 0.3 is 5.69 Å². The summed E-state index contributed by atoms with van der Waals surface area (Å²) < 4.78 is 0. The summed E-state index contributed by atoms with van der Waals surface area (Å²) >= 11 is 4.21. The van der Waals surface area contributed by atoms with Crippen molar-refractivity contribution < 1.29 is 0 Å². The van der Waals surface area contributed by atoms with Gasteiger partial charge < -0.3 is 14.9 Å². The molecule has 17 heavy (non-hydrogen) atoms. The molecule has 0 bridgehead atoms. The Balaban J connectivity index is 2.06. The Bertz CT molecular complexity index is 546. The van der Waals surface area contributed by atoms with Crippen LogP contribution >= 0.6 is 12.6 Å². The molecule has 0 aliphatic heterocycles. The Hall–Kier alpha value is -1.20. The van der Waals surface area contributed by atoms with Gasteiger partial charge in [-0.3, -0.25) is 0 Å². The predicted octanol–water partition coefficient (Wildman–Crippen LogP) is 1.26. The summed E-state index contributed by atoms with van der Waals surface area (Å²) in [5.41, 5.74) is 2.83. The Morgan fingerprint density at radius 3 is 2.76 bits per heavy atom. The molecule has 0 atom stereocenters. The van der Waals surface area contributed by atoms with E-state index in [1.54, 1.807) is 0 Å². The highest BCUT2D eigenvalue weighted by atomic mass is 32.1. The number of hydrogen-bond donors (Lipinski definition) is 3. The van der Waals surface area contributed by atoms with Gasteiger partial charge in [-0.15, -0.1) is 0 Å². The number of thiol groups is 1. The van der Waals surface area contributed by atoms with Gasteiger partial charge in [0.1, 0.15) is 0 Å². The Morgan fingerprint density at radius 1 is 1.24 bits per heavy atom. The molecular weight excluding hydrogens is 234 g/mol. The fraction of sp³-hybridized carbons (Fsp3) is 0.417. The van der Waals surface area contributed by atoms with Crippen molar-refractivity contribution >= 4 is 23.7 Å². The number of fused-ring (bicyclic) bond motifs is 1. The fourth-order valence-electron chi connectivity index (χ4n) is 1.84. The minimum atomic E-state index is -0.149. The van der Waals surface area contributed by atoms with Crippen molar-refractivity contribution in [3.05, 3.63) is 34.2 Å². The monoisotopic (exact) mass is 251 g/mol. The topological polar surface area (TPSA) is 51.9 Å². The third kappa shape index (κ3) is 3.14. The van der Waals surface area contributed by atoms with Crippen molar-refractivity contribution in [2.45, 2.75) is 6.42 Å². The molecule has 0 aliphatic carbocycles. The first-order valence-electron chi connectivity index (χ1n) is 5.69. The molecule has 1 aromatic carbocycles. The highest BCUT2D eigenvalue weighted by Crippen LogP contribution is 2.10. The third-order valence-corrected chi connectivity index (χ3v) is 3.04. The maximum Gasteiger partial charge on any atom is 0.323 e. The molecule has 0 radical (unpaired) electrons. The van der Waals surface area contributed by atoms with E-state index >= 15 is 0 Å². The van der Waals surface area contributed by atoms with E-state index in [9.17, 15) is 4.79 Å². The van der Waals surface area contributed by atoms with E-state index in [2.05, 4.69) is 40.6 Å². The van der Waals surface area contributed by atoms with Crippen molar-refractivity contribution in [3.8, 4) is 0 Å². The average molecular weight is 251 g/mol. The standard InChI is InChI=1S/C12H17N3OS/c1-15(6-7-17)5-4-9-2-3-10-11(8-9)14-12(16)13-10/h2-3,8,17H,4-7H2,1H3,(H2,13,14,16). The van der Waals surface area contributed by atoms with Gasteiger partial charge in [0.25, 0.3) is 0 Å². The Morgan fingerprint density at radius 2 is 2.00 bits per heavy atom. The molecule has 2 N–H and O–H groups in total. The maximum atomic E-state index is 11.1. The molecule has 0 spiro atoms. The number of nitrogens with zero attached hydrogens (tertiary/aromatic N) is 1. The number of imidazole rings is 1. The van der Waals surface area contributed by atoms with Crippen LogP contribution in [0.4, 0.5) is 0 Å². The van der Waals surface area contributed by atoms with Gasteiger partial charge in [-0.2, -0.15) is 12.6 Å². The zero-order valence-corrected chi connectivity index (χ0v) is 10.8. The van der Waals surface area contributed by atoms with Crippen LogP contribution in [-0.4, -0.2) is 40.8 Å². The molecule has 0 aliphatic rings. The van der Waals surface area contributed by atoms with Crippen LogP contribution in [0.15, 0.2) is 23.0 Å². The van der Waals surface area contributed by atoms with E-state index in [1.165, 1.54) is 5.56 Å². The van der Waals surface area contributed by atoms with Crippen molar-refractivity contribution in [2.75, 3.05) is 25.9 Å². The van der Waals surface area contributed by atoms with Crippen molar-refractivity contribution in [1.82, 2.24) is 14.9 Å². The van der Waals surface area contributed by atoms with Crippen molar-refractivity contribution in [1.29, 1.82) is 0 Å². The lowest BCUT2D eigenvalue weighted by Crippen LogP contribution is -2.23. The van der Waals surface area contributed by atoms with Gasteiger partial charge in [0, 0.05) is 18.8 Å². The summed E-state index contributed by atoms with van der Waals surface area (Å²) in [7, 11) is 2.09. The van der Waals surface area contributed by atoms with Crippen LogP contribution in [0.2, 0.25) is 0 Å². The lowest BCUT2D eigenvalue weighted by atomic mass is 10.1. The van der Waals surface area contributed by atoms with E-state index in [4.69, 9.17) is 0 Å². The number of aromatic nitrogens is 2. The number of likely N-dealkylation sites (N-methyl/N-ethyl adjacent to an activating group) is 1. The summed E-state index contributed by atoms with van der Waals surface area (Å²) in [6.45, 7) is 1.99. The molecular formula is C12H17N3OS. The molecule has 5 heteroatoms. The summed E-state index contributed by atoms with van der Waals surface area (Å²) in [6, 6.07) is 6.03. The molecule has 0 saturated carbocycles. The van der Waals surface area contributed by atoms with Gasteiger partial charge in [-0.25, -0.2) is 4.79 Å². The zero-order chi connectivity index (χ0) is 12.3. The quantitative estimate of drug-likeness (QED) is 0.701. The van der Waals surface area contributed by atoms with Gasteiger partial charge in [-0.1, -0.05) is 6.07 Å². The van der Waals surface area contributed by atoms with Gasteiger partial charge in [0.15, 0.2) is 0 Å². The van der Waals surface area contributed by atoms with Crippen LogP contribution < -0.4 is 5.69 Å². The molecule has 92 valence electrons. The smallest absolute Gasteiger partial charge is 0.306 e. The van der Waals surface area contributed by atoms with Crippen LogP contribution in [0.5, 0.6) is 0 Å². The number of nitrogens with one attached hydrogen (secondary N) is 2. The highest BCUT2D eigenvalue weighted by molar-refractivity contribution is 7.80. The van der Waals surface area contributed by atoms with Crippen LogP contribution in [0.25, 0.3) is 11.0 Å². The second kappa shape index (κ2) is 5.42. The molecule has 1 aromatic heterocycles. The number of benzene rings is 1. The molecule has 4 nitrogen and oxygen atoms in total. The van der Waals surface area contributed by atoms with Crippen molar-refractivity contribution in [3.63, 3.8) is 0 Å². The number of rotatable bonds is 5. The zero-order valence-electron chi connectivity index (χ0n) is 9.86. The predicted molar refractivity (Wildman–Crippen MR) is 74.0 cm³/mol. The minimum absolute atomic E-state index is 0.149. The Labute approximate surface area is 105 Å².